The molecule has 2 rings (SSSR count). The lowest BCUT2D eigenvalue weighted by Crippen LogP contribution is -2.54. The summed E-state index contributed by atoms with van der Waals surface area (Å²) in [4.78, 5) is 13.7. The molecule has 0 amide bonds. The van der Waals surface area contributed by atoms with E-state index in [-0.39, 0.29) is 18.6 Å². The molecule has 0 saturated heterocycles. The normalized spacial score (nSPS) is 21.2. The average Bonchev–Trinajstić information content (AvgIpc) is 2.48. The zero-order chi connectivity index (χ0) is 17.0. The fourth-order valence-corrected chi connectivity index (χ4v) is 5.19. The summed E-state index contributed by atoms with van der Waals surface area (Å²) in [7, 11) is -3.55. The van der Waals surface area contributed by atoms with Gasteiger partial charge in [-0.1, -0.05) is 19.1 Å². The molecule has 0 radical (unpaired) electrons. The molecule has 128 valence electrons. The molecule has 1 aliphatic rings. The molecule has 23 heavy (non-hydrogen) atoms. The number of benzene rings is 1. The Balaban J connectivity index is 1.98. The van der Waals surface area contributed by atoms with Gasteiger partial charge in [0.2, 0.25) is 10.0 Å². The second-order valence-electron chi connectivity index (χ2n) is 5.55. The van der Waals surface area contributed by atoms with Crippen molar-refractivity contribution in [2.24, 2.45) is 0 Å². The van der Waals surface area contributed by atoms with Crippen LogP contribution in [-0.2, 0) is 14.8 Å². The Kier molecular flexibility index (Phi) is 6.07. The molecule has 0 atom stereocenters. The lowest BCUT2D eigenvalue weighted by molar-refractivity contribution is -0.139. The molecule has 0 aliphatic heterocycles. The predicted octanol–water partition coefficient (Wildman–Crippen LogP) is 1.62. The van der Waals surface area contributed by atoms with E-state index in [1.807, 2.05) is 24.1 Å². The van der Waals surface area contributed by atoms with Gasteiger partial charge in [-0.2, -0.15) is 0 Å². The summed E-state index contributed by atoms with van der Waals surface area (Å²) in [5, 5.41) is 8.89. The zero-order valence-electron chi connectivity index (χ0n) is 13.2. The number of rotatable bonds is 8. The molecule has 0 aromatic heterocycles. The van der Waals surface area contributed by atoms with Gasteiger partial charge in [0.25, 0.3) is 0 Å². The number of carboxylic acids is 1. The van der Waals surface area contributed by atoms with Crippen molar-refractivity contribution >= 4 is 27.8 Å². The van der Waals surface area contributed by atoms with Gasteiger partial charge < -0.3 is 5.11 Å². The van der Waals surface area contributed by atoms with Gasteiger partial charge in [0.15, 0.2) is 0 Å². The van der Waals surface area contributed by atoms with E-state index in [0.29, 0.717) is 24.3 Å². The summed E-state index contributed by atoms with van der Waals surface area (Å²) < 4.78 is 27.7. The highest BCUT2D eigenvalue weighted by molar-refractivity contribution is 7.99. The maximum absolute atomic E-state index is 12.5. The summed E-state index contributed by atoms with van der Waals surface area (Å²) in [6.45, 7) is 2.55. The first kappa shape index (κ1) is 18.3. The SMILES string of the molecule is CCN(CC(=O)O)C1CC(NS(=O)(=O)c2ccccc2SC)C1. The van der Waals surface area contributed by atoms with Crippen molar-refractivity contribution in [3.63, 3.8) is 0 Å². The molecule has 0 spiro atoms. The van der Waals surface area contributed by atoms with Crippen LogP contribution < -0.4 is 4.72 Å². The lowest BCUT2D eigenvalue weighted by atomic mass is 9.86. The molecular formula is C15H22N2O4S2. The van der Waals surface area contributed by atoms with Gasteiger partial charge in [0.05, 0.1) is 11.4 Å². The molecule has 6 nitrogen and oxygen atoms in total. The van der Waals surface area contributed by atoms with Crippen LogP contribution >= 0.6 is 11.8 Å². The number of carboxylic acid groups (broad SMARTS) is 1. The van der Waals surface area contributed by atoms with Crippen LogP contribution in [0.25, 0.3) is 0 Å². The van der Waals surface area contributed by atoms with Crippen molar-refractivity contribution in [2.75, 3.05) is 19.3 Å². The third kappa shape index (κ3) is 4.47. The number of nitrogens with zero attached hydrogens (tertiary/aromatic N) is 1. The smallest absolute Gasteiger partial charge is 0.317 e. The highest BCUT2D eigenvalue weighted by atomic mass is 32.2. The van der Waals surface area contributed by atoms with Crippen LogP contribution in [-0.4, -0.2) is 55.8 Å². The number of nitrogens with one attached hydrogen (secondary N) is 1. The zero-order valence-corrected chi connectivity index (χ0v) is 14.9. The minimum Gasteiger partial charge on any atom is -0.480 e. The van der Waals surface area contributed by atoms with Gasteiger partial charge in [0, 0.05) is 17.0 Å². The Morgan fingerprint density at radius 2 is 2.04 bits per heavy atom. The van der Waals surface area contributed by atoms with E-state index < -0.39 is 16.0 Å². The molecule has 0 heterocycles. The van der Waals surface area contributed by atoms with Crippen LogP contribution in [0.1, 0.15) is 19.8 Å². The Bertz CT molecular complexity index is 657. The van der Waals surface area contributed by atoms with E-state index in [2.05, 4.69) is 4.72 Å². The molecular weight excluding hydrogens is 336 g/mol. The standard InChI is InChI=1S/C15H22N2O4S2/c1-3-17(10-15(18)19)12-8-11(9-12)16-23(20,21)14-7-5-4-6-13(14)22-2/h4-7,11-12,16H,3,8-10H2,1-2H3,(H,18,19). The second-order valence-corrected chi connectivity index (χ2v) is 8.08. The van der Waals surface area contributed by atoms with Crippen molar-refractivity contribution in [2.45, 2.75) is 41.6 Å². The Morgan fingerprint density at radius 3 is 2.61 bits per heavy atom. The predicted molar refractivity (Wildman–Crippen MR) is 90.2 cm³/mol. The number of hydrogen-bond donors (Lipinski definition) is 2. The second kappa shape index (κ2) is 7.65. The minimum atomic E-state index is -3.55. The molecule has 2 N–H and O–H groups in total. The first-order chi connectivity index (χ1) is 10.9. The fraction of sp³-hybridized carbons (Fsp3) is 0.533. The first-order valence-corrected chi connectivity index (χ1v) is 10.2. The molecule has 1 aliphatic carbocycles. The van der Waals surface area contributed by atoms with Crippen LogP contribution in [0.2, 0.25) is 0 Å². The number of thioether (sulfide) groups is 1. The van der Waals surface area contributed by atoms with E-state index in [1.165, 1.54) is 11.8 Å². The Morgan fingerprint density at radius 1 is 1.39 bits per heavy atom. The van der Waals surface area contributed by atoms with Crippen molar-refractivity contribution in [3.8, 4) is 0 Å². The fourth-order valence-electron chi connectivity index (χ4n) is 2.78. The Hall–Kier alpha value is -1.09. The summed E-state index contributed by atoms with van der Waals surface area (Å²) in [5.41, 5.74) is 0. The topological polar surface area (TPSA) is 86.7 Å². The molecule has 0 bridgehead atoms. The maximum atomic E-state index is 12.5. The van der Waals surface area contributed by atoms with Gasteiger partial charge in [-0.3, -0.25) is 9.69 Å². The van der Waals surface area contributed by atoms with Gasteiger partial charge in [0.1, 0.15) is 0 Å². The highest BCUT2D eigenvalue weighted by Gasteiger charge is 2.36. The molecule has 1 fully saturated rings. The molecule has 1 aromatic rings. The minimum absolute atomic E-state index is 0.00402. The molecule has 0 unspecified atom stereocenters. The van der Waals surface area contributed by atoms with Crippen LogP contribution in [0.4, 0.5) is 0 Å². The van der Waals surface area contributed by atoms with E-state index in [1.54, 1.807) is 18.2 Å². The first-order valence-electron chi connectivity index (χ1n) is 7.48. The molecule has 1 aromatic carbocycles. The average molecular weight is 358 g/mol. The maximum Gasteiger partial charge on any atom is 0.317 e. The number of carbonyl (C=O) groups is 1. The number of sulfonamides is 1. The monoisotopic (exact) mass is 358 g/mol. The number of likely N-dealkylation sites (N-methyl/N-ethyl adjacent to an activating group) is 1. The largest absolute Gasteiger partial charge is 0.480 e. The van der Waals surface area contributed by atoms with Gasteiger partial charge in [-0.25, -0.2) is 13.1 Å². The van der Waals surface area contributed by atoms with E-state index in [9.17, 15) is 13.2 Å². The summed E-state index contributed by atoms with van der Waals surface area (Å²) in [5.74, 6) is -0.857. The number of hydrogen-bond acceptors (Lipinski definition) is 5. The van der Waals surface area contributed by atoms with Gasteiger partial charge in [-0.15, -0.1) is 11.8 Å². The third-order valence-electron chi connectivity index (χ3n) is 4.05. The third-order valence-corrected chi connectivity index (χ3v) is 6.56. The van der Waals surface area contributed by atoms with Crippen molar-refractivity contribution in [1.82, 2.24) is 9.62 Å². The van der Waals surface area contributed by atoms with Crippen molar-refractivity contribution < 1.29 is 18.3 Å². The Labute approximate surface area is 141 Å². The van der Waals surface area contributed by atoms with E-state index in [4.69, 9.17) is 5.11 Å². The lowest BCUT2D eigenvalue weighted by Gasteiger charge is -2.42. The molecule has 1 saturated carbocycles. The van der Waals surface area contributed by atoms with Gasteiger partial charge >= 0.3 is 5.97 Å². The van der Waals surface area contributed by atoms with E-state index >= 15 is 0 Å². The van der Waals surface area contributed by atoms with E-state index in [0.717, 1.165) is 4.90 Å². The van der Waals surface area contributed by atoms with Gasteiger partial charge in [-0.05, 0) is 37.8 Å². The van der Waals surface area contributed by atoms with Crippen LogP contribution in [0.15, 0.2) is 34.1 Å². The van der Waals surface area contributed by atoms with Crippen molar-refractivity contribution in [1.29, 1.82) is 0 Å². The summed E-state index contributed by atoms with van der Waals surface area (Å²) >= 11 is 1.40. The highest BCUT2D eigenvalue weighted by Crippen LogP contribution is 2.29. The van der Waals surface area contributed by atoms with Crippen LogP contribution in [0.3, 0.4) is 0 Å². The quantitative estimate of drug-likeness (QED) is 0.687. The summed E-state index contributed by atoms with van der Waals surface area (Å²) in [6.07, 6.45) is 3.13. The van der Waals surface area contributed by atoms with Crippen LogP contribution in [0, 0.1) is 0 Å². The summed E-state index contributed by atoms with van der Waals surface area (Å²) in [6, 6.07) is 6.91. The molecule has 8 heteroatoms. The number of aliphatic carboxylic acids is 1. The van der Waals surface area contributed by atoms with Crippen LogP contribution in [0.5, 0.6) is 0 Å². The van der Waals surface area contributed by atoms with Crippen molar-refractivity contribution in [3.05, 3.63) is 24.3 Å².